The van der Waals surface area contributed by atoms with E-state index < -0.39 is 11.5 Å². The van der Waals surface area contributed by atoms with E-state index in [2.05, 4.69) is 0 Å². The van der Waals surface area contributed by atoms with E-state index in [1.165, 1.54) is 4.90 Å². The SMILES string of the molecule is CC1(C(=O)O)CCN1C(=O)Cc1ccc2ccccc2c1. The molecular formula is C17H17NO3. The molecule has 1 N–H and O–H groups in total. The van der Waals surface area contributed by atoms with E-state index in [0.717, 1.165) is 16.3 Å². The van der Waals surface area contributed by atoms with E-state index in [1.54, 1.807) is 6.92 Å². The third-order valence-corrected chi connectivity index (χ3v) is 4.35. The van der Waals surface area contributed by atoms with Crippen LogP contribution >= 0.6 is 0 Å². The van der Waals surface area contributed by atoms with Crippen LogP contribution in [0.3, 0.4) is 0 Å². The summed E-state index contributed by atoms with van der Waals surface area (Å²) in [7, 11) is 0. The Balaban J connectivity index is 1.79. The molecule has 0 radical (unpaired) electrons. The molecule has 0 saturated carbocycles. The molecular weight excluding hydrogens is 266 g/mol. The number of likely N-dealkylation sites (tertiary alicyclic amines) is 1. The van der Waals surface area contributed by atoms with E-state index in [4.69, 9.17) is 0 Å². The van der Waals surface area contributed by atoms with Crippen LogP contribution in [0.25, 0.3) is 10.8 Å². The zero-order valence-corrected chi connectivity index (χ0v) is 11.9. The van der Waals surface area contributed by atoms with Crippen molar-refractivity contribution in [2.75, 3.05) is 6.54 Å². The van der Waals surface area contributed by atoms with Crippen LogP contribution in [-0.4, -0.2) is 34.0 Å². The molecule has 0 aliphatic carbocycles. The zero-order valence-electron chi connectivity index (χ0n) is 11.9. The Labute approximate surface area is 123 Å². The van der Waals surface area contributed by atoms with Gasteiger partial charge in [-0.25, -0.2) is 4.79 Å². The fourth-order valence-corrected chi connectivity index (χ4v) is 2.80. The van der Waals surface area contributed by atoms with Crippen LogP contribution in [0.2, 0.25) is 0 Å². The van der Waals surface area contributed by atoms with Crippen LogP contribution in [0.5, 0.6) is 0 Å². The van der Waals surface area contributed by atoms with Gasteiger partial charge in [0.1, 0.15) is 5.54 Å². The Kier molecular flexibility index (Phi) is 3.16. The van der Waals surface area contributed by atoms with Crippen molar-refractivity contribution in [2.24, 2.45) is 0 Å². The quantitative estimate of drug-likeness (QED) is 0.941. The molecule has 0 aromatic heterocycles. The lowest BCUT2D eigenvalue weighted by atomic mass is 9.86. The fourth-order valence-electron chi connectivity index (χ4n) is 2.80. The molecule has 1 atom stereocenters. The van der Waals surface area contributed by atoms with Crippen LogP contribution in [0.4, 0.5) is 0 Å². The van der Waals surface area contributed by atoms with E-state index in [-0.39, 0.29) is 12.3 Å². The smallest absolute Gasteiger partial charge is 0.329 e. The Hall–Kier alpha value is -2.36. The van der Waals surface area contributed by atoms with E-state index in [0.29, 0.717) is 13.0 Å². The topological polar surface area (TPSA) is 57.6 Å². The summed E-state index contributed by atoms with van der Waals surface area (Å²) in [5.74, 6) is -1.05. The maximum Gasteiger partial charge on any atom is 0.329 e. The van der Waals surface area contributed by atoms with Gasteiger partial charge in [0.2, 0.25) is 5.91 Å². The lowest BCUT2D eigenvalue weighted by molar-refractivity contribution is -0.168. The molecule has 1 heterocycles. The molecule has 4 heteroatoms. The van der Waals surface area contributed by atoms with Gasteiger partial charge in [-0.05, 0) is 29.7 Å². The van der Waals surface area contributed by atoms with Gasteiger partial charge in [-0.2, -0.15) is 0 Å². The molecule has 21 heavy (non-hydrogen) atoms. The average Bonchev–Trinajstić information content (AvgIpc) is 2.44. The Morgan fingerprint density at radius 1 is 1.19 bits per heavy atom. The van der Waals surface area contributed by atoms with Gasteiger partial charge in [-0.3, -0.25) is 4.79 Å². The number of rotatable bonds is 3. The first kappa shape index (κ1) is 13.6. The molecule has 2 aromatic carbocycles. The predicted molar refractivity (Wildman–Crippen MR) is 80.0 cm³/mol. The fraction of sp³-hybridized carbons (Fsp3) is 0.294. The first-order valence-electron chi connectivity index (χ1n) is 7.02. The summed E-state index contributed by atoms with van der Waals surface area (Å²) in [5.41, 5.74) is -0.119. The number of carboxylic acid groups (broad SMARTS) is 1. The zero-order chi connectivity index (χ0) is 15.0. The maximum atomic E-state index is 12.3. The lowest BCUT2D eigenvalue weighted by Crippen LogP contribution is -2.64. The van der Waals surface area contributed by atoms with E-state index in [1.807, 2.05) is 42.5 Å². The third kappa shape index (κ3) is 2.27. The van der Waals surface area contributed by atoms with E-state index in [9.17, 15) is 14.7 Å². The van der Waals surface area contributed by atoms with Crippen molar-refractivity contribution in [3.63, 3.8) is 0 Å². The summed E-state index contributed by atoms with van der Waals surface area (Å²) in [5, 5.41) is 11.4. The van der Waals surface area contributed by atoms with Crippen LogP contribution in [0.15, 0.2) is 42.5 Å². The minimum atomic E-state index is -1.03. The highest BCUT2D eigenvalue weighted by molar-refractivity contribution is 5.90. The van der Waals surface area contributed by atoms with Crippen LogP contribution < -0.4 is 0 Å². The number of amides is 1. The number of nitrogens with zero attached hydrogens (tertiary/aromatic N) is 1. The summed E-state index contributed by atoms with van der Waals surface area (Å²) in [4.78, 5) is 25.0. The Bertz CT molecular complexity index is 725. The van der Waals surface area contributed by atoms with Gasteiger partial charge in [-0.1, -0.05) is 42.5 Å². The van der Waals surface area contributed by atoms with Crippen LogP contribution in [-0.2, 0) is 16.0 Å². The minimum absolute atomic E-state index is 0.124. The van der Waals surface area contributed by atoms with Crippen molar-refractivity contribution < 1.29 is 14.7 Å². The molecule has 0 bridgehead atoms. The highest BCUT2D eigenvalue weighted by Crippen LogP contribution is 2.31. The first-order chi connectivity index (χ1) is 10.0. The number of carboxylic acids is 1. The summed E-state index contributed by atoms with van der Waals surface area (Å²) in [6, 6.07) is 13.9. The lowest BCUT2D eigenvalue weighted by Gasteiger charge is -2.47. The summed E-state index contributed by atoms with van der Waals surface area (Å²) in [6.45, 7) is 2.13. The average molecular weight is 283 g/mol. The molecule has 1 aliphatic heterocycles. The molecule has 1 fully saturated rings. The van der Waals surface area contributed by atoms with Gasteiger partial charge in [0.25, 0.3) is 0 Å². The van der Waals surface area contributed by atoms with Gasteiger partial charge in [0, 0.05) is 6.54 Å². The molecule has 108 valence electrons. The number of hydrogen-bond acceptors (Lipinski definition) is 2. The second-order valence-electron chi connectivity index (χ2n) is 5.73. The van der Waals surface area contributed by atoms with Crippen molar-refractivity contribution in [3.8, 4) is 0 Å². The third-order valence-electron chi connectivity index (χ3n) is 4.35. The van der Waals surface area contributed by atoms with Gasteiger partial charge in [0.05, 0.1) is 6.42 Å². The van der Waals surface area contributed by atoms with Crippen molar-refractivity contribution >= 4 is 22.6 Å². The maximum absolute atomic E-state index is 12.3. The van der Waals surface area contributed by atoms with Gasteiger partial charge in [0.15, 0.2) is 0 Å². The number of carbonyl (C=O) groups excluding carboxylic acids is 1. The molecule has 4 nitrogen and oxygen atoms in total. The van der Waals surface area contributed by atoms with Crippen molar-refractivity contribution in [1.82, 2.24) is 4.90 Å². The second-order valence-corrected chi connectivity index (χ2v) is 5.73. The summed E-state index contributed by atoms with van der Waals surface area (Å²) in [6.07, 6.45) is 0.763. The monoisotopic (exact) mass is 283 g/mol. The standard InChI is InChI=1S/C17H17NO3/c1-17(16(20)21)8-9-18(17)15(19)11-12-6-7-13-4-2-3-5-14(13)10-12/h2-7,10H,8-9,11H2,1H3,(H,20,21). The number of hydrogen-bond donors (Lipinski definition) is 1. The molecule has 1 saturated heterocycles. The Morgan fingerprint density at radius 3 is 2.52 bits per heavy atom. The number of carbonyl (C=O) groups is 2. The molecule has 0 spiro atoms. The normalized spacial score (nSPS) is 21.1. The van der Waals surface area contributed by atoms with E-state index >= 15 is 0 Å². The van der Waals surface area contributed by atoms with Gasteiger partial charge < -0.3 is 10.0 Å². The minimum Gasteiger partial charge on any atom is -0.480 e. The largest absolute Gasteiger partial charge is 0.480 e. The molecule has 1 unspecified atom stereocenters. The van der Waals surface area contributed by atoms with Crippen molar-refractivity contribution in [1.29, 1.82) is 0 Å². The highest BCUT2D eigenvalue weighted by Gasteiger charge is 2.49. The predicted octanol–water partition coefficient (Wildman–Crippen LogP) is 2.46. The first-order valence-corrected chi connectivity index (χ1v) is 7.02. The highest BCUT2D eigenvalue weighted by atomic mass is 16.4. The summed E-state index contributed by atoms with van der Waals surface area (Å²) < 4.78 is 0. The molecule has 2 aromatic rings. The van der Waals surface area contributed by atoms with Crippen LogP contribution in [0, 0.1) is 0 Å². The van der Waals surface area contributed by atoms with Crippen LogP contribution in [0.1, 0.15) is 18.9 Å². The summed E-state index contributed by atoms with van der Waals surface area (Å²) >= 11 is 0. The second kappa shape index (κ2) is 4.88. The molecule has 1 aliphatic rings. The Morgan fingerprint density at radius 2 is 1.90 bits per heavy atom. The number of aliphatic carboxylic acids is 1. The number of fused-ring (bicyclic) bond motifs is 1. The molecule has 1 amide bonds. The van der Waals surface area contributed by atoms with Crippen molar-refractivity contribution in [3.05, 3.63) is 48.0 Å². The number of benzene rings is 2. The van der Waals surface area contributed by atoms with Crippen molar-refractivity contribution in [2.45, 2.75) is 25.3 Å². The van der Waals surface area contributed by atoms with Gasteiger partial charge in [-0.15, -0.1) is 0 Å². The molecule has 3 rings (SSSR count). The van der Waals surface area contributed by atoms with Gasteiger partial charge >= 0.3 is 5.97 Å².